The maximum Gasteiger partial charge on any atom is 0.356 e. The Morgan fingerprint density at radius 3 is 2.86 bits per heavy atom. The number of hydrogen-bond donors (Lipinski definition) is 1. The SMILES string of the molecule is Cl.Cn1ccc2ccnc(C(=O)O)c21. The van der Waals surface area contributed by atoms with E-state index in [-0.39, 0.29) is 18.1 Å². The number of aromatic carboxylic acids is 1. The van der Waals surface area contributed by atoms with E-state index in [4.69, 9.17) is 5.11 Å². The van der Waals surface area contributed by atoms with E-state index in [0.29, 0.717) is 5.52 Å². The van der Waals surface area contributed by atoms with E-state index in [0.717, 1.165) is 5.39 Å². The summed E-state index contributed by atoms with van der Waals surface area (Å²) in [6, 6.07) is 3.66. The topological polar surface area (TPSA) is 55.1 Å². The van der Waals surface area contributed by atoms with Gasteiger partial charge in [-0.1, -0.05) is 0 Å². The van der Waals surface area contributed by atoms with Gasteiger partial charge in [-0.05, 0) is 12.1 Å². The molecule has 1 N–H and O–H groups in total. The first-order chi connectivity index (χ1) is 6.20. The van der Waals surface area contributed by atoms with Crippen LogP contribution in [0, 0.1) is 0 Å². The largest absolute Gasteiger partial charge is 0.476 e. The molecule has 0 saturated carbocycles. The van der Waals surface area contributed by atoms with Crippen LogP contribution >= 0.6 is 12.4 Å². The predicted molar refractivity (Wildman–Crippen MR) is 54.9 cm³/mol. The first-order valence-corrected chi connectivity index (χ1v) is 3.83. The standard InChI is InChI=1S/C9H8N2O2.ClH/c1-11-5-3-6-2-4-10-7(8(6)11)9(12)13;/h2-5H,1H3,(H,12,13);1H. The predicted octanol–water partition coefficient (Wildman–Crippen LogP) is 1.69. The smallest absolute Gasteiger partial charge is 0.356 e. The number of carboxylic acids is 1. The average Bonchev–Trinajstić information content (AvgIpc) is 2.48. The monoisotopic (exact) mass is 212 g/mol. The summed E-state index contributed by atoms with van der Waals surface area (Å²) in [5, 5.41) is 9.75. The number of aryl methyl sites for hydroxylation is 1. The van der Waals surface area contributed by atoms with Crippen molar-refractivity contribution in [1.82, 2.24) is 9.55 Å². The van der Waals surface area contributed by atoms with Gasteiger partial charge in [-0.3, -0.25) is 0 Å². The number of nitrogens with zero attached hydrogens (tertiary/aromatic N) is 2. The van der Waals surface area contributed by atoms with E-state index in [9.17, 15) is 4.79 Å². The minimum Gasteiger partial charge on any atom is -0.476 e. The fraction of sp³-hybridized carbons (Fsp3) is 0.111. The van der Waals surface area contributed by atoms with Gasteiger partial charge < -0.3 is 9.67 Å². The molecule has 2 heterocycles. The molecule has 0 fully saturated rings. The van der Waals surface area contributed by atoms with Crippen LogP contribution in [0.2, 0.25) is 0 Å². The van der Waals surface area contributed by atoms with Crippen molar-refractivity contribution in [2.24, 2.45) is 7.05 Å². The number of hydrogen-bond acceptors (Lipinski definition) is 2. The van der Waals surface area contributed by atoms with Crippen LogP contribution in [0.15, 0.2) is 24.5 Å². The summed E-state index contributed by atoms with van der Waals surface area (Å²) in [5.74, 6) is -0.993. The molecule has 0 spiro atoms. The minimum atomic E-state index is -0.993. The zero-order chi connectivity index (χ0) is 9.42. The van der Waals surface area contributed by atoms with Crippen LogP contribution < -0.4 is 0 Å². The molecule has 0 aliphatic carbocycles. The van der Waals surface area contributed by atoms with Gasteiger partial charge in [0, 0.05) is 24.8 Å². The quantitative estimate of drug-likeness (QED) is 0.783. The zero-order valence-corrected chi connectivity index (χ0v) is 8.28. The summed E-state index contributed by atoms with van der Waals surface area (Å²) in [6.45, 7) is 0. The molecule has 74 valence electrons. The first kappa shape index (κ1) is 10.5. The molecule has 2 aromatic heterocycles. The Labute approximate surface area is 86.6 Å². The number of carbonyl (C=O) groups is 1. The summed E-state index contributed by atoms with van der Waals surface area (Å²) in [6.07, 6.45) is 3.32. The van der Waals surface area contributed by atoms with Gasteiger partial charge in [0.2, 0.25) is 0 Å². The molecule has 0 atom stereocenters. The van der Waals surface area contributed by atoms with Crippen molar-refractivity contribution >= 4 is 29.3 Å². The molecule has 0 unspecified atom stereocenters. The maximum atomic E-state index is 10.8. The third-order valence-corrected chi connectivity index (χ3v) is 1.99. The summed E-state index contributed by atoms with van der Waals surface area (Å²) < 4.78 is 1.76. The molecule has 0 amide bonds. The molecule has 0 aromatic carbocycles. The second kappa shape index (κ2) is 3.67. The number of carboxylic acid groups (broad SMARTS) is 1. The molecular weight excluding hydrogens is 204 g/mol. The number of halogens is 1. The van der Waals surface area contributed by atoms with Gasteiger partial charge in [-0.15, -0.1) is 12.4 Å². The molecule has 0 radical (unpaired) electrons. The van der Waals surface area contributed by atoms with Crippen LogP contribution in [0.5, 0.6) is 0 Å². The molecular formula is C9H9ClN2O2. The van der Waals surface area contributed by atoms with Gasteiger partial charge in [0.05, 0.1) is 5.52 Å². The molecule has 4 nitrogen and oxygen atoms in total. The summed E-state index contributed by atoms with van der Waals surface area (Å²) in [7, 11) is 1.80. The van der Waals surface area contributed by atoms with E-state index in [1.165, 1.54) is 6.20 Å². The van der Waals surface area contributed by atoms with Crippen molar-refractivity contribution in [3.05, 3.63) is 30.2 Å². The highest BCUT2D eigenvalue weighted by Crippen LogP contribution is 2.16. The van der Waals surface area contributed by atoms with Gasteiger partial charge >= 0.3 is 5.97 Å². The van der Waals surface area contributed by atoms with Crippen LogP contribution in [0.4, 0.5) is 0 Å². The molecule has 5 heteroatoms. The summed E-state index contributed by atoms with van der Waals surface area (Å²) in [4.78, 5) is 14.6. The van der Waals surface area contributed by atoms with Gasteiger partial charge in [-0.25, -0.2) is 9.78 Å². The number of pyridine rings is 1. The lowest BCUT2D eigenvalue weighted by molar-refractivity contribution is 0.0692. The van der Waals surface area contributed by atoms with Crippen LogP contribution in [0.1, 0.15) is 10.5 Å². The second-order valence-corrected chi connectivity index (χ2v) is 2.83. The minimum absolute atomic E-state index is 0. The Balaban J connectivity index is 0.000000980. The van der Waals surface area contributed by atoms with Crippen molar-refractivity contribution in [3.63, 3.8) is 0 Å². The highest BCUT2D eigenvalue weighted by Gasteiger charge is 2.11. The van der Waals surface area contributed by atoms with E-state index in [1.54, 1.807) is 17.7 Å². The van der Waals surface area contributed by atoms with Crippen molar-refractivity contribution < 1.29 is 9.90 Å². The van der Waals surface area contributed by atoms with Gasteiger partial charge in [0.1, 0.15) is 0 Å². The Morgan fingerprint density at radius 2 is 2.21 bits per heavy atom. The van der Waals surface area contributed by atoms with Crippen LogP contribution in [-0.4, -0.2) is 20.6 Å². The lowest BCUT2D eigenvalue weighted by Gasteiger charge is -1.99. The maximum absolute atomic E-state index is 10.8. The number of fused-ring (bicyclic) bond motifs is 1. The highest BCUT2D eigenvalue weighted by molar-refractivity contribution is 6.00. The molecule has 0 saturated heterocycles. The van der Waals surface area contributed by atoms with E-state index >= 15 is 0 Å². The Bertz CT molecular complexity index is 479. The Morgan fingerprint density at radius 1 is 1.50 bits per heavy atom. The highest BCUT2D eigenvalue weighted by atomic mass is 35.5. The zero-order valence-electron chi connectivity index (χ0n) is 7.47. The molecule has 0 bridgehead atoms. The fourth-order valence-corrected chi connectivity index (χ4v) is 1.40. The van der Waals surface area contributed by atoms with Gasteiger partial charge in [-0.2, -0.15) is 0 Å². The van der Waals surface area contributed by atoms with Crippen molar-refractivity contribution in [2.75, 3.05) is 0 Å². The molecule has 14 heavy (non-hydrogen) atoms. The summed E-state index contributed by atoms with van der Waals surface area (Å²) >= 11 is 0. The first-order valence-electron chi connectivity index (χ1n) is 3.83. The summed E-state index contributed by atoms with van der Waals surface area (Å²) in [5.41, 5.74) is 0.764. The second-order valence-electron chi connectivity index (χ2n) is 2.83. The fourth-order valence-electron chi connectivity index (χ4n) is 1.40. The normalized spacial score (nSPS) is 9.79. The average molecular weight is 213 g/mol. The Hall–Kier alpha value is -1.55. The van der Waals surface area contributed by atoms with E-state index in [2.05, 4.69) is 4.98 Å². The third kappa shape index (κ3) is 1.44. The van der Waals surface area contributed by atoms with E-state index in [1.807, 2.05) is 12.3 Å². The van der Waals surface area contributed by atoms with Crippen LogP contribution in [0.3, 0.4) is 0 Å². The number of rotatable bonds is 1. The molecule has 0 aliphatic rings. The van der Waals surface area contributed by atoms with Crippen LogP contribution in [0.25, 0.3) is 10.9 Å². The number of aromatic nitrogens is 2. The third-order valence-electron chi connectivity index (χ3n) is 1.99. The van der Waals surface area contributed by atoms with Crippen molar-refractivity contribution in [1.29, 1.82) is 0 Å². The lowest BCUT2D eigenvalue weighted by atomic mass is 10.2. The van der Waals surface area contributed by atoms with Crippen LogP contribution in [-0.2, 0) is 7.05 Å². The lowest BCUT2D eigenvalue weighted by Crippen LogP contribution is -2.03. The molecule has 2 aromatic rings. The van der Waals surface area contributed by atoms with Gasteiger partial charge in [0.15, 0.2) is 5.69 Å². The molecule has 0 aliphatic heterocycles. The van der Waals surface area contributed by atoms with Crippen molar-refractivity contribution in [2.45, 2.75) is 0 Å². The van der Waals surface area contributed by atoms with Gasteiger partial charge in [0.25, 0.3) is 0 Å². The molecule has 2 rings (SSSR count). The van der Waals surface area contributed by atoms with Crippen molar-refractivity contribution in [3.8, 4) is 0 Å². The Kier molecular flexibility index (Phi) is 2.76. The van der Waals surface area contributed by atoms with E-state index < -0.39 is 5.97 Å².